The molecular weight excluding hydrogens is 361 g/mol. The number of pyridine rings is 1. The quantitative estimate of drug-likeness (QED) is 0.503. The zero-order valence-corrected chi connectivity index (χ0v) is 13.8. The van der Waals surface area contributed by atoms with Gasteiger partial charge in [-0.2, -0.15) is 5.26 Å². The van der Waals surface area contributed by atoms with Gasteiger partial charge in [-0.25, -0.2) is 9.37 Å². The molecule has 0 aliphatic heterocycles. The van der Waals surface area contributed by atoms with Crippen molar-refractivity contribution in [1.29, 1.82) is 5.26 Å². The van der Waals surface area contributed by atoms with Gasteiger partial charge in [0.15, 0.2) is 0 Å². The number of nitriles is 1. The summed E-state index contributed by atoms with van der Waals surface area (Å²) in [6, 6.07) is 12.6. The van der Waals surface area contributed by atoms with Gasteiger partial charge in [0.25, 0.3) is 5.91 Å². The highest BCUT2D eigenvalue weighted by atomic mass is 79.9. The molecule has 23 heavy (non-hydrogen) atoms. The molecule has 2 aromatic rings. The number of aromatic nitrogens is 1. The van der Waals surface area contributed by atoms with Crippen LogP contribution in [0.25, 0.3) is 6.08 Å². The molecule has 1 amide bonds. The second-order valence-electron chi connectivity index (χ2n) is 4.77. The van der Waals surface area contributed by atoms with Crippen LogP contribution in [-0.4, -0.2) is 10.9 Å². The fourth-order valence-corrected chi connectivity index (χ4v) is 2.34. The molecule has 4 nitrogen and oxygen atoms in total. The number of hydrogen-bond donors (Lipinski definition) is 1. The van der Waals surface area contributed by atoms with Crippen molar-refractivity contribution >= 4 is 27.9 Å². The molecule has 0 saturated heterocycles. The third kappa shape index (κ3) is 4.47. The van der Waals surface area contributed by atoms with E-state index in [1.807, 2.05) is 6.07 Å². The van der Waals surface area contributed by atoms with Crippen molar-refractivity contribution in [2.24, 2.45) is 0 Å². The van der Waals surface area contributed by atoms with Crippen LogP contribution in [0.4, 0.5) is 4.39 Å². The number of amides is 1. The second-order valence-corrected chi connectivity index (χ2v) is 5.58. The average Bonchev–Trinajstić information content (AvgIpc) is 2.52. The molecule has 2 rings (SSSR count). The first kappa shape index (κ1) is 16.8. The first-order valence-corrected chi connectivity index (χ1v) is 7.60. The molecule has 0 unspecified atom stereocenters. The standard InChI is InChI=1S/C17H13BrFN3O/c1-11(14-6-2-3-7-15(14)19)21-17(23)12(10-20)9-13-5-4-8-16(18)22-13/h2-9,11H,1H3,(H,21,23)/b12-9+/t11-/m0/s1. The summed E-state index contributed by atoms with van der Waals surface area (Å²) in [5.41, 5.74) is 0.738. The van der Waals surface area contributed by atoms with Gasteiger partial charge in [-0.3, -0.25) is 4.79 Å². The SMILES string of the molecule is C[C@H](NC(=O)/C(C#N)=C/c1cccc(Br)n1)c1ccccc1F. The van der Waals surface area contributed by atoms with Gasteiger partial charge in [0.2, 0.25) is 0 Å². The van der Waals surface area contributed by atoms with Crippen molar-refractivity contribution in [2.45, 2.75) is 13.0 Å². The van der Waals surface area contributed by atoms with Gasteiger partial charge in [-0.1, -0.05) is 24.3 Å². The number of halogens is 2. The highest BCUT2D eigenvalue weighted by Gasteiger charge is 2.16. The zero-order valence-electron chi connectivity index (χ0n) is 12.3. The molecule has 1 heterocycles. The number of carbonyl (C=O) groups excluding carboxylic acids is 1. The van der Waals surface area contributed by atoms with Gasteiger partial charge in [0.1, 0.15) is 22.1 Å². The Hall–Kier alpha value is -2.52. The van der Waals surface area contributed by atoms with E-state index in [1.165, 1.54) is 12.1 Å². The van der Waals surface area contributed by atoms with Crippen LogP contribution in [0.1, 0.15) is 24.2 Å². The average molecular weight is 374 g/mol. The van der Waals surface area contributed by atoms with Crippen molar-refractivity contribution in [3.63, 3.8) is 0 Å². The lowest BCUT2D eigenvalue weighted by molar-refractivity contribution is -0.117. The molecule has 0 spiro atoms. The van der Waals surface area contributed by atoms with Crippen LogP contribution in [-0.2, 0) is 4.79 Å². The van der Waals surface area contributed by atoms with E-state index in [1.54, 1.807) is 43.3 Å². The second kappa shape index (κ2) is 7.65. The first-order chi connectivity index (χ1) is 11.0. The molecule has 1 atom stereocenters. The number of nitrogens with zero attached hydrogens (tertiary/aromatic N) is 2. The Labute approximate surface area is 141 Å². The third-order valence-corrected chi connectivity index (χ3v) is 3.55. The summed E-state index contributed by atoms with van der Waals surface area (Å²) in [6.07, 6.45) is 1.38. The number of nitrogens with one attached hydrogen (secondary N) is 1. The molecule has 0 aliphatic rings. The summed E-state index contributed by atoms with van der Waals surface area (Å²) in [6.45, 7) is 1.66. The number of hydrogen-bond acceptors (Lipinski definition) is 3. The van der Waals surface area contributed by atoms with Crippen LogP contribution in [0.15, 0.2) is 52.6 Å². The maximum atomic E-state index is 13.7. The van der Waals surface area contributed by atoms with E-state index in [0.29, 0.717) is 15.9 Å². The predicted octanol–water partition coefficient (Wildman–Crippen LogP) is 3.77. The highest BCUT2D eigenvalue weighted by molar-refractivity contribution is 9.10. The van der Waals surface area contributed by atoms with E-state index in [2.05, 4.69) is 26.2 Å². The van der Waals surface area contributed by atoms with E-state index in [0.717, 1.165) is 0 Å². The molecular formula is C17H13BrFN3O. The number of benzene rings is 1. The summed E-state index contributed by atoms with van der Waals surface area (Å²) < 4.78 is 14.3. The smallest absolute Gasteiger partial charge is 0.262 e. The van der Waals surface area contributed by atoms with Crippen LogP contribution in [0.2, 0.25) is 0 Å². The van der Waals surface area contributed by atoms with E-state index in [9.17, 15) is 14.4 Å². The Morgan fingerprint density at radius 3 is 2.74 bits per heavy atom. The Morgan fingerprint density at radius 2 is 2.09 bits per heavy atom. The molecule has 0 saturated carbocycles. The summed E-state index contributed by atoms with van der Waals surface area (Å²) in [5, 5.41) is 11.8. The highest BCUT2D eigenvalue weighted by Crippen LogP contribution is 2.17. The zero-order chi connectivity index (χ0) is 16.8. The van der Waals surface area contributed by atoms with Gasteiger partial charge in [-0.15, -0.1) is 0 Å². The van der Waals surface area contributed by atoms with Gasteiger partial charge in [0, 0.05) is 5.56 Å². The van der Waals surface area contributed by atoms with Crippen molar-refractivity contribution in [3.8, 4) is 6.07 Å². The lowest BCUT2D eigenvalue weighted by Gasteiger charge is -2.14. The van der Waals surface area contributed by atoms with Gasteiger partial charge >= 0.3 is 0 Å². The van der Waals surface area contributed by atoms with Crippen molar-refractivity contribution < 1.29 is 9.18 Å². The molecule has 0 fully saturated rings. The fraction of sp³-hybridized carbons (Fsp3) is 0.118. The topological polar surface area (TPSA) is 65.8 Å². The van der Waals surface area contributed by atoms with Crippen LogP contribution in [0.3, 0.4) is 0 Å². The maximum Gasteiger partial charge on any atom is 0.262 e. The predicted molar refractivity (Wildman–Crippen MR) is 88.5 cm³/mol. The van der Waals surface area contributed by atoms with Crippen LogP contribution in [0, 0.1) is 17.1 Å². The molecule has 116 valence electrons. The number of carbonyl (C=O) groups is 1. The molecule has 6 heteroatoms. The Balaban J connectivity index is 2.18. The summed E-state index contributed by atoms with van der Waals surface area (Å²) >= 11 is 3.22. The summed E-state index contributed by atoms with van der Waals surface area (Å²) in [4.78, 5) is 16.3. The van der Waals surface area contributed by atoms with Gasteiger partial charge in [0.05, 0.1) is 11.7 Å². The summed E-state index contributed by atoms with van der Waals surface area (Å²) in [7, 11) is 0. The minimum Gasteiger partial charge on any atom is -0.345 e. The molecule has 0 radical (unpaired) electrons. The Bertz CT molecular complexity index is 798. The fourth-order valence-electron chi connectivity index (χ4n) is 1.98. The molecule has 0 aliphatic carbocycles. The minimum atomic E-state index is -0.579. The van der Waals surface area contributed by atoms with Crippen LogP contribution >= 0.6 is 15.9 Å². The monoisotopic (exact) mass is 373 g/mol. The van der Waals surface area contributed by atoms with Crippen molar-refractivity contribution in [2.75, 3.05) is 0 Å². The largest absolute Gasteiger partial charge is 0.345 e. The molecule has 1 aromatic carbocycles. The number of rotatable bonds is 4. The van der Waals surface area contributed by atoms with Crippen LogP contribution in [0.5, 0.6) is 0 Å². The van der Waals surface area contributed by atoms with E-state index in [4.69, 9.17) is 0 Å². The normalized spacial score (nSPS) is 12.3. The molecule has 1 N–H and O–H groups in total. The van der Waals surface area contributed by atoms with E-state index in [-0.39, 0.29) is 5.57 Å². The van der Waals surface area contributed by atoms with E-state index < -0.39 is 17.8 Å². The maximum absolute atomic E-state index is 13.7. The Kier molecular flexibility index (Phi) is 5.61. The van der Waals surface area contributed by atoms with Gasteiger partial charge < -0.3 is 5.32 Å². The molecule has 1 aromatic heterocycles. The van der Waals surface area contributed by atoms with Crippen molar-refractivity contribution in [3.05, 3.63) is 69.7 Å². The Morgan fingerprint density at radius 1 is 1.35 bits per heavy atom. The van der Waals surface area contributed by atoms with E-state index >= 15 is 0 Å². The third-order valence-electron chi connectivity index (χ3n) is 3.11. The lowest BCUT2D eigenvalue weighted by atomic mass is 10.1. The summed E-state index contributed by atoms with van der Waals surface area (Å²) in [5.74, 6) is -0.985. The van der Waals surface area contributed by atoms with Crippen molar-refractivity contribution in [1.82, 2.24) is 10.3 Å². The first-order valence-electron chi connectivity index (χ1n) is 6.81. The van der Waals surface area contributed by atoms with Crippen LogP contribution < -0.4 is 5.32 Å². The lowest BCUT2D eigenvalue weighted by Crippen LogP contribution is -2.28. The molecule has 0 bridgehead atoms. The minimum absolute atomic E-state index is 0.0983. The van der Waals surface area contributed by atoms with Gasteiger partial charge in [-0.05, 0) is 47.1 Å².